The summed E-state index contributed by atoms with van der Waals surface area (Å²) < 4.78 is 10.4. The van der Waals surface area contributed by atoms with Crippen LogP contribution >= 0.6 is 0 Å². The average molecular weight is 280 g/mol. The predicted octanol–water partition coefficient (Wildman–Crippen LogP) is 1.38. The molecular weight excluding hydrogens is 260 g/mol. The fourth-order valence-corrected chi connectivity index (χ4v) is 2.13. The van der Waals surface area contributed by atoms with E-state index < -0.39 is 0 Å². The van der Waals surface area contributed by atoms with Crippen LogP contribution in [0, 0.1) is 0 Å². The Balaban J connectivity index is 1.78. The molecule has 0 saturated carbocycles. The van der Waals surface area contributed by atoms with Crippen LogP contribution in [0.25, 0.3) is 0 Å². The first-order chi connectivity index (χ1) is 9.70. The fraction of sp³-hybridized carbons (Fsp3) is 0.500. The van der Waals surface area contributed by atoms with E-state index in [1.54, 1.807) is 18.2 Å². The first kappa shape index (κ1) is 14.5. The number of rotatable bonds is 5. The van der Waals surface area contributed by atoms with Crippen LogP contribution in [-0.2, 0) is 11.3 Å². The maximum Gasteiger partial charge on any atom is 0.315 e. The number of benzene rings is 1. The van der Waals surface area contributed by atoms with Gasteiger partial charge < -0.3 is 25.2 Å². The molecule has 0 aromatic heterocycles. The molecule has 0 spiro atoms. The minimum absolute atomic E-state index is 0.0504. The summed E-state index contributed by atoms with van der Waals surface area (Å²) in [5, 5.41) is 15.3. The number of aromatic hydroxyl groups is 1. The lowest BCUT2D eigenvalue weighted by molar-refractivity contribution is 0.111. The molecule has 1 heterocycles. The van der Waals surface area contributed by atoms with E-state index in [1.807, 2.05) is 0 Å². The molecule has 1 saturated heterocycles. The summed E-state index contributed by atoms with van der Waals surface area (Å²) in [5.74, 6) is 0.443. The van der Waals surface area contributed by atoms with Crippen molar-refractivity contribution in [1.82, 2.24) is 10.6 Å². The summed E-state index contributed by atoms with van der Waals surface area (Å²) in [6, 6.07) is 4.89. The Hall–Kier alpha value is -1.95. The van der Waals surface area contributed by atoms with Crippen molar-refractivity contribution < 1.29 is 19.4 Å². The Bertz CT molecular complexity index is 458. The molecule has 1 atom stereocenters. The van der Waals surface area contributed by atoms with Crippen molar-refractivity contribution in [3.8, 4) is 11.5 Å². The summed E-state index contributed by atoms with van der Waals surface area (Å²) in [5.41, 5.74) is 0.608. The minimum Gasteiger partial charge on any atom is -0.504 e. The van der Waals surface area contributed by atoms with Gasteiger partial charge in [-0.1, -0.05) is 12.1 Å². The van der Waals surface area contributed by atoms with Gasteiger partial charge in [0.2, 0.25) is 0 Å². The van der Waals surface area contributed by atoms with Gasteiger partial charge in [-0.25, -0.2) is 4.79 Å². The Morgan fingerprint density at radius 1 is 1.50 bits per heavy atom. The molecule has 1 aliphatic heterocycles. The predicted molar refractivity (Wildman–Crippen MR) is 73.9 cm³/mol. The number of carbonyl (C=O) groups is 1. The largest absolute Gasteiger partial charge is 0.504 e. The molecule has 1 aromatic carbocycles. The number of carbonyl (C=O) groups excluding carboxylic acids is 1. The number of phenolic OH excluding ortho intramolecular Hbond substituents is 1. The normalized spacial score (nSPS) is 17.8. The number of ether oxygens (including phenoxy) is 2. The van der Waals surface area contributed by atoms with Gasteiger partial charge in [0.1, 0.15) is 0 Å². The van der Waals surface area contributed by atoms with Crippen LogP contribution in [0.5, 0.6) is 11.5 Å². The highest BCUT2D eigenvalue weighted by molar-refractivity contribution is 5.74. The number of urea groups is 1. The molecule has 2 rings (SSSR count). The van der Waals surface area contributed by atoms with Crippen molar-refractivity contribution in [2.75, 3.05) is 20.3 Å². The molecular formula is C14H20N2O4. The SMILES string of the molecule is COc1cccc(CNC(=O)NCC2CCCO2)c1O. The number of hydrogen-bond donors (Lipinski definition) is 3. The molecule has 110 valence electrons. The topological polar surface area (TPSA) is 79.8 Å². The highest BCUT2D eigenvalue weighted by atomic mass is 16.5. The zero-order valence-corrected chi connectivity index (χ0v) is 11.5. The maximum atomic E-state index is 11.6. The Morgan fingerprint density at radius 3 is 3.05 bits per heavy atom. The smallest absolute Gasteiger partial charge is 0.315 e. The number of para-hydroxylation sites is 1. The molecule has 1 aliphatic rings. The Labute approximate surface area is 118 Å². The highest BCUT2D eigenvalue weighted by Gasteiger charge is 2.16. The van der Waals surface area contributed by atoms with Gasteiger partial charge in [0.25, 0.3) is 0 Å². The molecule has 3 N–H and O–H groups in total. The third kappa shape index (κ3) is 3.77. The number of amides is 2. The van der Waals surface area contributed by atoms with Gasteiger partial charge in [-0.2, -0.15) is 0 Å². The number of nitrogens with one attached hydrogen (secondary N) is 2. The van der Waals surface area contributed by atoms with E-state index in [4.69, 9.17) is 9.47 Å². The zero-order valence-electron chi connectivity index (χ0n) is 11.5. The molecule has 2 amide bonds. The molecule has 0 bridgehead atoms. The van der Waals surface area contributed by atoms with Gasteiger partial charge in [0.15, 0.2) is 11.5 Å². The van der Waals surface area contributed by atoms with Gasteiger partial charge in [-0.15, -0.1) is 0 Å². The molecule has 0 aliphatic carbocycles. The van der Waals surface area contributed by atoms with E-state index >= 15 is 0 Å². The van der Waals surface area contributed by atoms with E-state index in [0.717, 1.165) is 19.4 Å². The Morgan fingerprint density at radius 2 is 2.35 bits per heavy atom. The van der Waals surface area contributed by atoms with Crippen LogP contribution in [0.1, 0.15) is 18.4 Å². The van der Waals surface area contributed by atoms with Crippen molar-refractivity contribution in [1.29, 1.82) is 0 Å². The Kier molecular flexibility index (Phi) is 5.06. The number of methoxy groups -OCH3 is 1. The molecule has 1 aromatic rings. The van der Waals surface area contributed by atoms with Gasteiger partial charge in [0, 0.05) is 25.3 Å². The van der Waals surface area contributed by atoms with Crippen LogP contribution < -0.4 is 15.4 Å². The van der Waals surface area contributed by atoms with Crippen molar-refractivity contribution in [3.63, 3.8) is 0 Å². The lowest BCUT2D eigenvalue weighted by atomic mass is 10.2. The number of phenols is 1. The lowest BCUT2D eigenvalue weighted by Gasteiger charge is -2.13. The molecule has 0 radical (unpaired) electrons. The van der Waals surface area contributed by atoms with E-state index in [0.29, 0.717) is 17.9 Å². The standard InChI is InChI=1S/C14H20N2O4/c1-19-12-6-2-4-10(13(12)17)8-15-14(18)16-9-11-5-3-7-20-11/h2,4,6,11,17H,3,5,7-9H2,1H3,(H2,15,16,18). The second kappa shape index (κ2) is 7.00. The highest BCUT2D eigenvalue weighted by Crippen LogP contribution is 2.28. The van der Waals surface area contributed by atoms with Gasteiger partial charge in [0.05, 0.1) is 13.2 Å². The van der Waals surface area contributed by atoms with Crippen molar-refractivity contribution >= 4 is 6.03 Å². The van der Waals surface area contributed by atoms with Gasteiger partial charge in [-0.05, 0) is 18.9 Å². The van der Waals surface area contributed by atoms with Gasteiger partial charge in [-0.3, -0.25) is 0 Å². The summed E-state index contributed by atoms with van der Waals surface area (Å²) >= 11 is 0. The first-order valence-electron chi connectivity index (χ1n) is 6.69. The molecule has 20 heavy (non-hydrogen) atoms. The van der Waals surface area contributed by atoms with Crippen LogP contribution in [0.2, 0.25) is 0 Å². The molecule has 1 fully saturated rings. The molecule has 1 unspecified atom stereocenters. The minimum atomic E-state index is -0.275. The monoisotopic (exact) mass is 280 g/mol. The van der Waals surface area contributed by atoms with Crippen LogP contribution in [0.4, 0.5) is 4.79 Å². The quantitative estimate of drug-likeness (QED) is 0.761. The van der Waals surface area contributed by atoms with Gasteiger partial charge >= 0.3 is 6.03 Å². The average Bonchev–Trinajstić information content (AvgIpc) is 2.97. The van der Waals surface area contributed by atoms with Crippen molar-refractivity contribution in [2.45, 2.75) is 25.5 Å². The lowest BCUT2D eigenvalue weighted by Crippen LogP contribution is -2.39. The van der Waals surface area contributed by atoms with Crippen LogP contribution in [0.3, 0.4) is 0 Å². The van der Waals surface area contributed by atoms with Crippen molar-refractivity contribution in [3.05, 3.63) is 23.8 Å². The third-order valence-electron chi connectivity index (χ3n) is 3.26. The second-order valence-corrected chi connectivity index (χ2v) is 4.67. The van der Waals surface area contributed by atoms with E-state index in [2.05, 4.69) is 10.6 Å². The number of hydrogen-bond acceptors (Lipinski definition) is 4. The van der Waals surface area contributed by atoms with Crippen LogP contribution in [-0.4, -0.2) is 37.5 Å². The summed E-state index contributed by atoms with van der Waals surface area (Å²) in [6.07, 6.45) is 2.15. The fourth-order valence-electron chi connectivity index (χ4n) is 2.13. The summed E-state index contributed by atoms with van der Waals surface area (Å²) in [4.78, 5) is 11.6. The maximum absolute atomic E-state index is 11.6. The summed E-state index contributed by atoms with van der Waals surface area (Å²) in [7, 11) is 1.49. The zero-order chi connectivity index (χ0) is 14.4. The van der Waals surface area contributed by atoms with Crippen molar-refractivity contribution in [2.24, 2.45) is 0 Å². The van der Waals surface area contributed by atoms with E-state index in [1.165, 1.54) is 7.11 Å². The first-order valence-corrected chi connectivity index (χ1v) is 6.69. The third-order valence-corrected chi connectivity index (χ3v) is 3.26. The molecule has 6 nitrogen and oxygen atoms in total. The summed E-state index contributed by atoms with van der Waals surface area (Å²) in [6.45, 7) is 1.52. The van der Waals surface area contributed by atoms with E-state index in [9.17, 15) is 9.90 Å². The van der Waals surface area contributed by atoms with E-state index in [-0.39, 0.29) is 24.4 Å². The molecule has 6 heteroatoms. The second-order valence-electron chi connectivity index (χ2n) is 4.67. The van der Waals surface area contributed by atoms with Crippen LogP contribution in [0.15, 0.2) is 18.2 Å².